The molecular formula is C24H24ClN5O3S. The van der Waals surface area contributed by atoms with Crippen molar-refractivity contribution < 1.29 is 14.4 Å². The lowest BCUT2D eigenvalue weighted by molar-refractivity contribution is -0.122. The smallest absolute Gasteiger partial charge is 0.286 e. The molecule has 3 amide bonds. The normalized spacial score (nSPS) is 14.0. The number of carbonyl (C=O) groups is 3. The van der Waals surface area contributed by atoms with E-state index in [0.717, 1.165) is 29.7 Å². The molecule has 2 heterocycles. The Morgan fingerprint density at radius 3 is 2.47 bits per heavy atom. The van der Waals surface area contributed by atoms with Crippen LogP contribution in [-0.2, 0) is 11.3 Å². The fourth-order valence-corrected chi connectivity index (χ4v) is 4.68. The maximum Gasteiger partial charge on any atom is 0.286 e. The first-order chi connectivity index (χ1) is 16.5. The molecular weight excluding hydrogens is 474 g/mol. The maximum absolute atomic E-state index is 12.8. The lowest BCUT2D eigenvalue weighted by atomic mass is 9.93. The molecule has 10 heteroatoms. The maximum atomic E-state index is 12.8. The van der Waals surface area contributed by atoms with E-state index in [-0.39, 0.29) is 27.7 Å². The molecule has 0 radical (unpaired) electrons. The summed E-state index contributed by atoms with van der Waals surface area (Å²) < 4.78 is 0. The molecule has 176 valence electrons. The number of carbonyl (C=O) groups excluding carboxylic acids is 3. The zero-order chi connectivity index (χ0) is 23.9. The Kier molecular flexibility index (Phi) is 7.87. The van der Waals surface area contributed by atoms with E-state index in [9.17, 15) is 14.4 Å². The predicted octanol–water partition coefficient (Wildman–Crippen LogP) is 4.00. The van der Waals surface area contributed by atoms with Crippen molar-refractivity contribution in [1.82, 2.24) is 20.4 Å². The Balaban J connectivity index is 1.23. The molecule has 8 nitrogen and oxygen atoms in total. The summed E-state index contributed by atoms with van der Waals surface area (Å²) in [7, 11) is 0. The summed E-state index contributed by atoms with van der Waals surface area (Å²) in [6.45, 7) is 1.51. The van der Waals surface area contributed by atoms with E-state index < -0.39 is 5.91 Å². The van der Waals surface area contributed by atoms with Crippen molar-refractivity contribution in [2.24, 2.45) is 5.92 Å². The first-order valence-electron chi connectivity index (χ1n) is 11.0. The number of nitrogens with zero attached hydrogens (tertiary/aromatic N) is 3. The highest BCUT2D eigenvalue weighted by Gasteiger charge is 2.27. The first-order valence-corrected chi connectivity index (χ1v) is 12.2. The van der Waals surface area contributed by atoms with Gasteiger partial charge in [-0.15, -0.1) is 10.2 Å². The molecule has 0 spiro atoms. The largest absolute Gasteiger partial charge is 0.352 e. The van der Waals surface area contributed by atoms with Crippen LogP contribution in [-0.4, -0.2) is 45.9 Å². The number of likely N-dealkylation sites (tertiary alicyclic amines) is 1. The first kappa shape index (κ1) is 23.8. The van der Waals surface area contributed by atoms with Gasteiger partial charge >= 0.3 is 0 Å². The molecule has 0 bridgehead atoms. The van der Waals surface area contributed by atoms with Gasteiger partial charge in [-0.2, -0.15) is 0 Å². The zero-order valence-corrected chi connectivity index (χ0v) is 19.9. The van der Waals surface area contributed by atoms with Crippen molar-refractivity contribution in [2.45, 2.75) is 25.8 Å². The van der Waals surface area contributed by atoms with Crippen molar-refractivity contribution in [3.63, 3.8) is 0 Å². The van der Waals surface area contributed by atoms with Crippen LogP contribution in [0.2, 0.25) is 5.02 Å². The Morgan fingerprint density at radius 1 is 1.00 bits per heavy atom. The van der Waals surface area contributed by atoms with Gasteiger partial charge in [0.2, 0.25) is 15.9 Å². The molecule has 0 unspecified atom stereocenters. The number of para-hydroxylation sites is 1. The van der Waals surface area contributed by atoms with Crippen LogP contribution in [0, 0.1) is 5.92 Å². The Labute approximate surface area is 206 Å². The summed E-state index contributed by atoms with van der Waals surface area (Å²) in [4.78, 5) is 39.2. The summed E-state index contributed by atoms with van der Waals surface area (Å²) in [6.07, 6.45) is 1.89. The molecule has 3 aromatic rings. The second kappa shape index (κ2) is 11.2. The van der Waals surface area contributed by atoms with Crippen LogP contribution in [0.5, 0.6) is 0 Å². The molecule has 34 heavy (non-hydrogen) atoms. The van der Waals surface area contributed by atoms with Crippen molar-refractivity contribution in [3.8, 4) is 0 Å². The molecule has 1 fully saturated rings. The van der Waals surface area contributed by atoms with E-state index in [0.29, 0.717) is 36.8 Å². The number of rotatable bonds is 7. The number of anilines is 1. The summed E-state index contributed by atoms with van der Waals surface area (Å²) in [5.41, 5.74) is 1.60. The second-order valence-corrected chi connectivity index (χ2v) is 9.49. The Morgan fingerprint density at radius 2 is 1.74 bits per heavy atom. The number of piperidine rings is 1. The summed E-state index contributed by atoms with van der Waals surface area (Å²) in [5, 5.41) is 14.4. The number of hydrogen-bond donors (Lipinski definition) is 2. The van der Waals surface area contributed by atoms with E-state index in [4.69, 9.17) is 11.6 Å². The molecule has 2 N–H and O–H groups in total. The fourth-order valence-electron chi connectivity index (χ4n) is 3.76. The van der Waals surface area contributed by atoms with E-state index in [1.807, 2.05) is 36.4 Å². The van der Waals surface area contributed by atoms with E-state index in [1.165, 1.54) is 0 Å². The number of amides is 3. The number of aromatic nitrogens is 2. The van der Waals surface area contributed by atoms with Gasteiger partial charge in [0.05, 0.1) is 0 Å². The SMILES string of the molecule is O=C(CC1CCN(C(=O)c2nnc(C(=O)Nc3ccccc3)s2)CC1)NCc1cccc(Cl)c1. The molecule has 0 aliphatic carbocycles. The average Bonchev–Trinajstić information content (AvgIpc) is 3.34. The molecule has 1 saturated heterocycles. The van der Waals surface area contributed by atoms with Gasteiger partial charge in [-0.1, -0.05) is 53.3 Å². The van der Waals surface area contributed by atoms with E-state index in [1.54, 1.807) is 23.1 Å². The van der Waals surface area contributed by atoms with Crippen LogP contribution in [0.3, 0.4) is 0 Å². The van der Waals surface area contributed by atoms with Gasteiger partial charge < -0.3 is 15.5 Å². The third-order valence-corrected chi connectivity index (χ3v) is 6.73. The number of nitrogens with one attached hydrogen (secondary N) is 2. The molecule has 1 aliphatic heterocycles. The van der Waals surface area contributed by atoms with E-state index >= 15 is 0 Å². The second-order valence-electron chi connectivity index (χ2n) is 8.08. The lowest BCUT2D eigenvalue weighted by Gasteiger charge is -2.31. The van der Waals surface area contributed by atoms with Crippen molar-refractivity contribution >= 4 is 46.3 Å². The highest BCUT2D eigenvalue weighted by molar-refractivity contribution is 7.15. The lowest BCUT2D eigenvalue weighted by Crippen LogP contribution is -2.39. The van der Waals surface area contributed by atoms with Gasteiger partial charge in [-0.25, -0.2) is 0 Å². The number of benzene rings is 2. The predicted molar refractivity (Wildman–Crippen MR) is 131 cm³/mol. The highest BCUT2D eigenvalue weighted by atomic mass is 35.5. The highest BCUT2D eigenvalue weighted by Crippen LogP contribution is 2.23. The van der Waals surface area contributed by atoms with Crippen LogP contribution < -0.4 is 10.6 Å². The van der Waals surface area contributed by atoms with Gasteiger partial charge in [-0.3, -0.25) is 14.4 Å². The molecule has 2 aromatic carbocycles. The minimum atomic E-state index is -0.398. The van der Waals surface area contributed by atoms with E-state index in [2.05, 4.69) is 20.8 Å². The molecule has 0 saturated carbocycles. The molecule has 4 rings (SSSR count). The van der Waals surface area contributed by atoms with Gasteiger partial charge in [0, 0.05) is 36.8 Å². The number of hydrogen-bond acceptors (Lipinski definition) is 6. The third kappa shape index (κ3) is 6.39. The van der Waals surface area contributed by atoms with Gasteiger partial charge in [0.15, 0.2) is 0 Å². The van der Waals surface area contributed by atoms with Crippen LogP contribution in [0.15, 0.2) is 54.6 Å². The standard InChI is InChI=1S/C24H24ClN5O3S/c25-18-6-4-5-17(13-18)15-26-20(31)14-16-9-11-30(12-10-16)24(33)23-29-28-22(34-23)21(32)27-19-7-2-1-3-8-19/h1-8,13,16H,9-12,14-15H2,(H,26,31)(H,27,32). The van der Waals surface area contributed by atoms with Crippen LogP contribution in [0.4, 0.5) is 5.69 Å². The molecule has 1 aliphatic rings. The van der Waals surface area contributed by atoms with Crippen LogP contribution in [0.25, 0.3) is 0 Å². The zero-order valence-electron chi connectivity index (χ0n) is 18.4. The monoisotopic (exact) mass is 497 g/mol. The van der Waals surface area contributed by atoms with Crippen LogP contribution in [0.1, 0.15) is 44.4 Å². The third-order valence-electron chi connectivity index (χ3n) is 5.59. The molecule has 1 aromatic heterocycles. The number of halogens is 1. The average molecular weight is 498 g/mol. The van der Waals surface area contributed by atoms with Crippen molar-refractivity contribution in [1.29, 1.82) is 0 Å². The molecule has 0 atom stereocenters. The topological polar surface area (TPSA) is 104 Å². The van der Waals surface area contributed by atoms with Gasteiger partial charge in [0.1, 0.15) is 0 Å². The van der Waals surface area contributed by atoms with Crippen molar-refractivity contribution in [2.75, 3.05) is 18.4 Å². The van der Waals surface area contributed by atoms with Crippen molar-refractivity contribution in [3.05, 3.63) is 75.2 Å². The summed E-state index contributed by atoms with van der Waals surface area (Å²) in [6, 6.07) is 16.4. The van der Waals surface area contributed by atoms with Crippen LogP contribution >= 0.6 is 22.9 Å². The minimum Gasteiger partial charge on any atom is -0.352 e. The quantitative estimate of drug-likeness (QED) is 0.513. The van der Waals surface area contributed by atoms with Gasteiger partial charge in [0.25, 0.3) is 11.8 Å². The summed E-state index contributed by atoms with van der Waals surface area (Å²) >= 11 is 6.96. The van der Waals surface area contributed by atoms with Gasteiger partial charge in [-0.05, 0) is 48.6 Å². The fraction of sp³-hybridized carbons (Fsp3) is 0.292. The Bertz CT molecular complexity index is 1160. The Hall–Kier alpha value is -3.30. The minimum absolute atomic E-state index is 0.0112. The summed E-state index contributed by atoms with van der Waals surface area (Å²) in [5.74, 6) is -0.432.